The van der Waals surface area contributed by atoms with Crippen molar-refractivity contribution in [1.29, 1.82) is 0 Å². The molecule has 0 bridgehead atoms. The zero-order chi connectivity index (χ0) is 13.5. The fourth-order valence-corrected chi connectivity index (χ4v) is 2.88. The van der Waals surface area contributed by atoms with E-state index < -0.39 is 0 Å². The highest BCUT2D eigenvalue weighted by Crippen LogP contribution is 2.23. The minimum atomic E-state index is 0.790. The van der Waals surface area contributed by atoms with Crippen LogP contribution < -0.4 is 5.32 Å². The third-order valence-corrected chi connectivity index (χ3v) is 3.95. The normalized spacial score (nSPS) is 17.2. The van der Waals surface area contributed by atoms with Crippen molar-refractivity contribution in [3.63, 3.8) is 0 Å². The molecule has 5 heteroatoms. The molecule has 0 unspecified atom stereocenters. The third-order valence-electron chi connectivity index (χ3n) is 3.95. The molecule has 1 aliphatic carbocycles. The third kappa shape index (κ3) is 4.91. The molecule has 0 atom stereocenters. The fraction of sp³-hybridized carbons (Fsp3) is 0.857. The number of rotatable bonds is 7. The lowest BCUT2D eigenvalue weighted by Crippen LogP contribution is -2.30. The van der Waals surface area contributed by atoms with Crippen molar-refractivity contribution in [2.75, 3.05) is 27.2 Å². The Balaban J connectivity index is 1.68. The van der Waals surface area contributed by atoms with Gasteiger partial charge in [-0.25, -0.2) is 0 Å². The van der Waals surface area contributed by atoms with Gasteiger partial charge in [-0.05, 0) is 32.9 Å². The van der Waals surface area contributed by atoms with Gasteiger partial charge in [-0.2, -0.15) is 0 Å². The van der Waals surface area contributed by atoms with Crippen molar-refractivity contribution in [2.45, 2.75) is 45.2 Å². The Morgan fingerprint density at radius 1 is 1.37 bits per heavy atom. The SMILES string of the molecule is CNCc1cn(CCN(C)CC2CCCCC2)nn1. The Kier molecular flexibility index (Phi) is 5.79. The number of hydrogen-bond acceptors (Lipinski definition) is 4. The first-order valence-electron chi connectivity index (χ1n) is 7.50. The second-order valence-corrected chi connectivity index (χ2v) is 5.77. The molecule has 19 heavy (non-hydrogen) atoms. The maximum absolute atomic E-state index is 4.15. The summed E-state index contributed by atoms with van der Waals surface area (Å²) in [6, 6.07) is 0. The van der Waals surface area contributed by atoms with Crippen LogP contribution in [0.1, 0.15) is 37.8 Å². The summed E-state index contributed by atoms with van der Waals surface area (Å²) < 4.78 is 1.95. The molecule has 1 aromatic heterocycles. The van der Waals surface area contributed by atoms with E-state index in [9.17, 15) is 0 Å². The van der Waals surface area contributed by atoms with Crippen molar-refractivity contribution in [3.05, 3.63) is 11.9 Å². The van der Waals surface area contributed by atoms with Crippen LogP contribution in [0.3, 0.4) is 0 Å². The second kappa shape index (κ2) is 7.60. The molecule has 2 rings (SSSR count). The Morgan fingerprint density at radius 2 is 2.16 bits per heavy atom. The Labute approximate surface area is 116 Å². The van der Waals surface area contributed by atoms with Crippen LogP contribution in [0.5, 0.6) is 0 Å². The standard InChI is InChI=1S/C14H27N5/c1-15-10-14-12-19(17-16-14)9-8-18(2)11-13-6-4-3-5-7-13/h12-13,15H,3-11H2,1-2H3. The van der Waals surface area contributed by atoms with Gasteiger partial charge in [-0.1, -0.05) is 24.5 Å². The van der Waals surface area contributed by atoms with Crippen molar-refractivity contribution >= 4 is 0 Å². The second-order valence-electron chi connectivity index (χ2n) is 5.77. The minimum absolute atomic E-state index is 0.790. The molecule has 1 aromatic rings. The molecular formula is C14H27N5. The lowest BCUT2D eigenvalue weighted by molar-refractivity contribution is 0.225. The van der Waals surface area contributed by atoms with Crippen LogP contribution in [0.25, 0.3) is 0 Å². The minimum Gasteiger partial charge on any atom is -0.314 e. The van der Waals surface area contributed by atoms with Crippen molar-refractivity contribution in [3.8, 4) is 0 Å². The number of likely N-dealkylation sites (N-methyl/N-ethyl adjacent to an activating group) is 1. The van der Waals surface area contributed by atoms with Gasteiger partial charge in [0.25, 0.3) is 0 Å². The molecule has 1 N–H and O–H groups in total. The summed E-state index contributed by atoms with van der Waals surface area (Å²) in [7, 11) is 4.15. The van der Waals surface area contributed by atoms with Gasteiger partial charge < -0.3 is 10.2 Å². The molecule has 0 radical (unpaired) electrons. The monoisotopic (exact) mass is 265 g/mol. The van der Waals surface area contributed by atoms with Gasteiger partial charge in [0.1, 0.15) is 0 Å². The van der Waals surface area contributed by atoms with Gasteiger partial charge in [-0.3, -0.25) is 4.68 Å². The highest BCUT2D eigenvalue weighted by molar-refractivity contribution is 4.91. The lowest BCUT2D eigenvalue weighted by Gasteiger charge is -2.26. The van der Waals surface area contributed by atoms with E-state index in [0.717, 1.165) is 31.2 Å². The van der Waals surface area contributed by atoms with Gasteiger partial charge in [0.05, 0.1) is 12.2 Å². The Bertz CT molecular complexity index is 356. The maximum Gasteiger partial charge on any atom is 0.0964 e. The zero-order valence-corrected chi connectivity index (χ0v) is 12.3. The maximum atomic E-state index is 4.15. The van der Waals surface area contributed by atoms with Crippen molar-refractivity contribution < 1.29 is 0 Å². The van der Waals surface area contributed by atoms with E-state index in [4.69, 9.17) is 0 Å². The molecule has 0 spiro atoms. The van der Waals surface area contributed by atoms with E-state index in [2.05, 4.69) is 27.6 Å². The smallest absolute Gasteiger partial charge is 0.0964 e. The van der Waals surface area contributed by atoms with Crippen molar-refractivity contribution in [2.24, 2.45) is 5.92 Å². The van der Waals surface area contributed by atoms with Crippen LogP contribution in [-0.2, 0) is 13.1 Å². The van der Waals surface area contributed by atoms with Gasteiger partial charge >= 0.3 is 0 Å². The fourth-order valence-electron chi connectivity index (χ4n) is 2.88. The molecule has 1 aliphatic rings. The average molecular weight is 265 g/mol. The van der Waals surface area contributed by atoms with Gasteiger partial charge in [0.15, 0.2) is 0 Å². The van der Waals surface area contributed by atoms with E-state index in [1.807, 2.05) is 17.9 Å². The van der Waals surface area contributed by atoms with Crippen LogP contribution in [0.15, 0.2) is 6.20 Å². The van der Waals surface area contributed by atoms with Gasteiger partial charge in [0, 0.05) is 25.8 Å². The number of aromatic nitrogens is 3. The molecule has 0 aliphatic heterocycles. The molecule has 108 valence electrons. The Morgan fingerprint density at radius 3 is 2.89 bits per heavy atom. The summed E-state index contributed by atoms with van der Waals surface area (Å²) in [5, 5.41) is 11.4. The van der Waals surface area contributed by atoms with Crippen LogP contribution in [0.2, 0.25) is 0 Å². The first kappa shape index (κ1) is 14.5. The Hall–Kier alpha value is -0.940. The molecular weight excluding hydrogens is 238 g/mol. The van der Waals surface area contributed by atoms with Crippen molar-refractivity contribution in [1.82, 2.24) is 25.2 Å². The van der Waals surface area contributed by atoms with E-state index in [1.165, 1.54) is 38.6 Å². The molecule has 1 fully saturated rings. The molecule has 0 saturated heterocycles. The average Bonchev–Trinajstić information content (AvgIpc) is 2.86. The summed E-state index contributed by atoms with van der Waals surface area (Å²) in [6.07, 6.45) is 9.16. The van der Waals surface area contributed by atoms with Gasteiger partial charge in [-0.15, -0.1) is 5.10 Å². The largest absolute Gasteiger partial charge is 0.314 e. The summed E-state index contributed by atoms with van der Waals surface area (Å²) >= 11 is 0. The quantitative estimate of drug-likeness (QED) is 0.812. The van der Waals surface area contributed by atoms with E-state index in [0.29, 0.717) is 0 Å². The lowest BCUT2D eigenvalue weighted by atomic mass is 9.89. The highest BCUT2D eigenvalue weighted by Gasteiger charge is 2.15. The highest BCUT2D eigenvalue weighted by atomic mass is 15.4. The van der Waals surface area contributed by atoms with Crippen LogP contribution in [0.4, 0.5) is 0 Å². The van der Waals surface area contributed by atoms with Crippen LogP contribution >= 0.6 is 0 Å². The van der Waals surface area contributed by atoms with E-state index >= 15 is 0 Å². The van der Waals surface area contributed by atoms with Crippen LogP contribution in [0, 0.1) is 5.92 Å². The predicted octanol–water partition coefficient (Wildman–Crippen LogP) is 1.51. The molecule has 0 amide bonds. The topological polar surface area (TPSA) is 46.0 Å². The first-order chi connectivity index (χ1) is 9.28. The summed E-state index contributed by atoms with van der Waals surface area (Å²) in [5.41, 5.74) is 1.01. The van der Waals surface area contributed by atoms with Gasteiger partial charge in [0.2, 0.25) is 0 Å². The predicted molar refractivity (Wildman–Crippen MR) is 76.9 cm³/mol. The summed E-state index contributed by atoms with van der Waals surface area (Å²) in [5.74, 6) is 0.911. The molecule has 1 heterocycles. The van der Waals surface area contributed by atoms with E-state index in [-0.39, 0.29) is 0 Å². The number of nitrogens with zero attached hydrogens (tertiary/aromatic N) is 4. The first-order valence-corrected chi connectivity index (χ1v) is 7.50. The number of nitrogens with one attached hydrogen (secondary N) is 1. The van der Waals surface area contributed by atoms with E-state index in [1.54, 1.807) is 0 Å². The number of hydrogen-bond donors (Lipinski definition) is 1. The molecule has 0 aromatic carbocycles. The zero-order valence-electron chi connectivity index (χ0n) is 12.3. The summed E-state index contributed by atoms with van der Waals surface area (Å²) in [4.78, 5) is 2.44. The molecule has 1 saturated carbocycles. The molecule has 5 nitrogen and oxygen atoms in total. The van der Waals surface area contributed by atoms with Crippen LogP contribution in [-0.4, -0.2) is 47.1 Å². The summed E-state index contributed by atoms with van der Waals surface area (Å²) in [6.45, 7) is 4.01.